The van der Waals surface area contributed by atoms with Crippen molar-refractivity contribution < 1.29 is 4.79 Å². The van der Waals surface area contributed by atoms with E-state index in [9.17, 15) is 4.79 Å². The largest absolute Gasteiger partial charge is 0.340 e. The summed E-state index contributed by atoms with van der Waals surface area (Å²) in [6.45, 7) is 3.52. The molecule has 1 heterocycles. The number of ketones is 1. The Labute approximate surface area is 151 Å². The summed E-state index contributed by atoms with van der Waals surface area (Å²) in [4.78, 5) is 20.2. The zero-order valence-corrected chi connectivity index (χ0v) is 14.6. The van der Waals surface area contributed by atoms with E-state index in [1.54, 1.807) is 31.3 Å². The predicted molar refractivity (Wildman–Crippen MR) is 101 cm³/mol. The standard InChI is InChI=1S/C19H17ClN4O/c1-12-6-7-15(20)11-17(12)23-19-21-9-8-18(24-19)22-16-5-3-4-14(10-16)13(2)25/h3-11H,1-2H3,(H2,21,22,23,24). The van der Waals surface area contributed by atoms with E-state index in [1.165, 1.54) is 0 Å². The van der Waals surface area contributed by atoms with Crippen LogP contribution in [-0.4, -0.2) is 15.8 Å². The highest BCUT2D eigenvalue weighted by atomic mass is 35.5. The molecule has 0 aliphatic carbocycles. The lowest BCUT2D eigenvalue weighted by molar-refractivity contribution is 0.101. The first-order valence-corrected chi connectivity index (χ1v) is 8.13. The van der Waals surface area contributed by atoms with Crippen LogP contribution in [0.4, 0.5) is 23.1 Å². The summed E-state index contributed by atoms with van der Waals surface area (Å²) in [5, 5.41) is 6.99. The normalized spacial score (nSPS) is 10.4. The molecule has 2 N–H and O–H groups in total. The fourth-order valence-electron chi connectivity index (χ4n) is 2.30. The molecule has 0 saturated carbocycles. The number of anilines is 4. The van der Waals surface area contributed by atoms with E-state index >= 15 is 0 Å². The smallest absolute Gasteiger partial charge is 0.229 e. The van der Waals surface area contributed by atoms with Crippen LogP contribution in [0.2, 0.25) is 5.02 Å². The summed E-state index contributed by atoms with van der Waals surface area (Å²) in [6, 6.07) is 14.6. The summed E-state index contributed by atoms with van der Waals surface area (Å²) < 4.78 is 0. The van der Waals surface area contributed by atoms with Crippen LogP contribution in [0.15, 0.2) is 54.7 Å². The number of halogens is 1. The van der Waals surface area contributed by atoms with Gasteiger partial charge in [-0.25, -0.2) is 4.98 Å². The lowest BCUT2D eigenvalue weighted by Crippen LogP contribution is -2.02. The highest BCUT2D eigenvalue weighted by Crippen LogP contribution is 2.23. The third-order valence-corrected chi connectivity index (χ3v) is 3.88. The van der Waals surface area contributed by atoms with Crippen molar-refractivity contribution in [2.75, 3.05) is 10.6 Å². The number of carbonyl (C=O) groups excluding carboxylic acids is 1. The molecule has 0 bridgehead atoms. The summed E-state index contributed by atoms with van der Waals surface area (Å²) in [6.07, 6.45) is 1.66. The molecule has 1 aromatic heterocycles. The Kier molecular flexibility index (Phi) is 4.95. The average Bonchev–Trinajstić information content (AvgIpc) is 2.59. The topological polar surface area (TPSA) is 66.9 Å². The highest BCUT2D eigenvalue weighted by Gasteiger charge is 2.05. The first kappa shape index (κ1) is 16.9. The minimum atomic E-state index is 0.0186. The minimum absolute atomic E-state index is 0.0186. The number of aromatic nitrogens is 2. The van der Waals surface area contributed by atoms with Gasteiger partial charge in [-0.3, -0.25) is 4.79 Å². The van der Waals surface area contributed by atoms with Gasteiger partial charge in [-0.2, -0.15) is 4.98 Å². The molecule has 5 nitrogen and oxygen atoms in total. The number of benzene rings is 2. The lowest BCUT2D eigenvalue weighted by atomic mass is 10.1. The van der Waals surface area contributed by atoms with E-state index in [0.29, 0.717) is 22.4 Å². The molecule has 3 aromatic rings. The Bertz CT molecular complexity index is 927. The Morgan fingerprint density at radius 3 is 2.72 bits per heavy atom. The molecule has 6 heteroatoms. The molecule has 0 atom stereocenters. The van der Waals surface area contributed by atoms with Gasteiger partial charge in [0.05, 0.1) is 0 Å². The molecular formula is C19H17ClN4O. The monoisotopic (exact) mass is 352 g/mol. The van der Waals surface area contributed by atoms with Gasteiger partial charge in [-0.1, -0.05) is 29.8 Å². The maximum Gasteiger partial charge on any atom is 0.229 e. The van der Waals surface area contributed by atoms with Crippen LogP contribution in [0.5, 0.6) is 0 Å². The second-order valence-electron chi connectivity index (χ2n) is 5.61. The molecule has 25 heavy (non-hydrogen) atoms. The SMILES string of the molecule is CC(=O)c1cccc(Nc2ccnc(Nc3cc(Cl)ccc3C)n2)c1. The number of nitrogens with one attached hydrogen (secondary N) is 2. The van der Waals surface area contributed by atoms with Gasteiger partial charge >= 0.3 is 0 Å². The summed E-state index contributed by atoms with van der Waals surface area (Å²) in [7, 11) is 0. The Morgan fingerprint density at radius 1 is 1.08 bits per heavy atom. The quantitative estimate of drug-likeness (QED) is 0.623. The number of aryl methyl sites for hydroxylation is 1. The summed E-state index contributed by atoms with van der Waals surface area (Å²) in [5.74, 6) is 1.10. The maximum atomic E-state index is 11.5. The number of hydrogen-bond acceptors (Lipinski definition) is 5. The summed E-state index contributed by atoms with van der Waals surface area (Å²) >= 11 is 6.04. The van der Waals surface area contributed by atoms with Crippen LogP contribution < -0.4 is 10.6 Å². The van der Waals surface area contributed by atoms with Crippen LogP contribution >= 0.6 is 11.6 Å². The number of carbonyl (C=O) groups is 1. The molecule has 0 unspecified atom stereocenters. The van der Waals surface area contributed by atoms with Gasteiger partial charge in [-0.05, 0) is 49.7 Å². The van der Waals surface area contributed by atoms with Crippen molar-refractivity contribution >= 4 is 40.5 Å². The van der Waals surface area contributed by atoms with Gasteiger partial charge in [0.1, 0.15) is 5.82 Å². The average molecular weight is 353 g/mol. The third kappa shape index (κ3) is 4.33. The number of hydrogen-bond donors (Lipinski definition) is 2. The summed E-state index contributed by atoms with van der Waals surface area (Å²) in [5.41, 5.74) is 3.33. The van der Waals surface area contributed by atoms with Crippen molar-refractivity contribution in [1.82, 2.24) is 9.97 Å². The van der Waals surface area contributed by atoms with Crippen molar-refractivity contribution in [3.8, 4) is 0 Å². The molecule has 126 valence electrons. The molecule has 3 rings (SSSR count). The molecule has 0 amide bonds. The van der Waals surface area contributed by atoms with E-state index in [-0.39, 0.29) is 5.78 Å². The van der Waals surface area contributed by atoms with Gasteiger partial charge in [0.15, 0.2) is 5.78 Å². The van der Waals surface area contributed by atoms with Crippen molar-refractivity contribution in [3.05, 3.63) is 70.9 Å². The van der Waals surface area contributed by atoms with E-state index in [1.807, 2.05) is 37.3 Å². The third-order valence-electron chi connectivity index (χ3n) is 3.64. The fraction of sp³-hybridized carbons (Fsp3) is 0.105. The number of nitrogens with zero attached hydrogens (tertiary/aromatic N) is 2. The lowest BCUT2D eigenvalue weighted by Gasteiger charge is -2.11. The van der Waals surface area contributed by atoms with Gasteiger partial charge < -0.3 is 10.6 Å². The van der Waals surface area contributed by atoms with E-state index in [0.717, 1.165) is 16.9 Å². The van der Waals surface area contributed by atoms with Gasteiger partial charge in [0, 0.05) is 28.2 Å². The second kappa shape index (κ2) is 7.32. The molecule has 0 aliphatic heterocycles. The molecular weight excluding hydrogens is 336 g/mol. The molecule has 0 saturated heterocycles. The van der Waals surface area contributed by atoms with Gasteiger partial charge in [0.2, 0.25) is 5.95 Å². The maximum absolute atomic E-state index is 11.5. The van der Waals surface area contributed by atoms with Crippen LogP contribution in [-0.2, 0) is 0 Å². The first-order chi connectivity index (χ1) is 12.0. The molecule has 0 fully saturated rings. The minimum Gasteiger partial charge on any atom is -0.340 e. The Hall–Kier alpha value is -2.92. The second-order valence-corrected chi connectivity index (χ2v) is 6.05. The van der Waals surface area contributed by atoms with E-state index < -0.39 is 0 Å². The van der Waals surface area contributed by atoms with E-state index in [4.69, 9.17) is 11.6 Å². The van der Waals surface area contributed by atoms with Crippen LogP contribution in [0, 0.1) is 6.92 Å². The van der Waals surface area contributed by atoms with Crippen LogP contribution in [0.3, 0.4) is 0 Å². The van der Waals surface area contributed by atoms with Crippen molar-refractivity contribution in [2.24, 2.45) is 0 Å². The van der Waals surface area contributed by atoms with Crippen molar-refractivity contribution in [2.45, 2.75) is 13.8 Å². The number of Topliss-reactive ketones (excluding diaryl/α,β-unsaturated/α-hetero) is 1. The molecule has 2 aromatic carbocycles. The van der Waals surface area contributed by atoms with E-state index in [2.05, 4.69) is 20.6 Å². The van der Waals surface area contributed by atoms with Crippen LogP contribution in [0.25, 0.3) is 0 Å². The first-order valence-electron chi connectivity index (χ1n) is 7.75. The molecule has 0 spiro atoms. The predicted octanol–water partition coefficient (Wildman–Crippen LogP) is 5.13. The Morgan fingerprint density at radius 2 is 1.92 bits per heavy atom. The van der Waals surface area contributed by atoms with Crippen molar-refractivity contribution in [1.29, 1.82) is 0 Å². The number of rotatable bonds is 5. The van der Waals surface area contributed by atoms with Crippen molar-refractivity contribution in [3.63, 3.8) is 0 Å². The zero-order chi connectivity index (χ0) is 17.8. The highest BCUT2D eigenvalue weighted by molar-refractivity contribution is 6.30. The van der Waals surface area contributed by atoms with Gasteiger partial charge in [-0.15, -0.1) is 0 Å². The fourth-order valence-corrected chi connectivity index (χ4v) is 2.47. The van der Waals surface area contributed by atoms with Crippen LogP contribution in [0.1, 0.15) is 22.8 Å². The van der Waals surface area contributed by atoms with Gasteiger partial charge in [0.25, 0.3) is 0 Å². The molecule has 0 aliphatic rings. The molecule has 0 radical (unpaired) electrons. The Balaban J connectivity index is 1.81. The zero-order valence-electron chi connectivity index (χ0n) is 13.9.